The summed E-state index contributed by atoms with van der Waals surface area (Å²) in [4.78, 5) is 0. The average Bonchev–Trinajstić information content (AvgIpc) is 2.28. The number of hydrogen-bond donors (Lipinski definition) is 1. The second-order valence-corrected chi connectivity index (χ2v) is 2.50. The second kappa shape index (κ2) is 3.62. The van der Waals surface area contributed by atoms with Crippen molar-refractivity contribution in [3.63, 3.8) is 0 Å². The van der Waals surface area contributed by atoms with E-state index in [1.165, 1.54) is 0 Å². The second-order valence-electron chi connectivity index (χ2n) is 2.50. The Balaban J connectivity index is 2.69. The van der Waals surface area contributed by atoms with Crippen LogP contribution < -0.4 is 0 Å². The summed E-state index contributed by atoms with van der Waals surface area (Å²) >= 11 is 0. The average molecular weight is 172 g/mol. The topological polar surface area (TPSA) is 54.5 Å². The smallest absolute Gasteiger partial charge is 0.113 e. The SMILES string of the molecule is c1cccc2nnn[nH]c-2ccc1. The first-order chi connectivity index (χ1) is 6.47. The highest BCUT2D eigenvalue weighted by atomic mass is 15.4. The molecule has 0 fully saturated rings. The van der Waals surface area contributed by atoms with Gasteiger partial charge in [0.05, 0.1) is 5.69 Å². The Hall–Kier alpha value is -1.97. The Labute approximate surface area is 75.3 Å². The van der Waals surface area contributed by atoms with Crippen molar-refractivity contribution in [2.45, 2.75) is 0 Å². The molecule has 0 unspecified atom stereocenters. The first kappa shape index (κ1) is 7.67. The van der Waals surface area contributed by atoms with Crippen molar-refractivity contribution in [3.05, 3.63) is 42.5 Å². The molecule has 0 atom stereocenters. The van der Waals surface area contributed by atoms with E-state index in [1.807, 2.05) is 42.5 Å². The van der Waals surface area contributed by atoms with Crippen molar-refractivity contribution in [2.75, 3.05) is 0 Å². The lowest BCUT2D eigenvalue weighted by Crippen LogP contribution is -1.95. The lowest BCUT2D eigenvalue weighted by atomic mass is 10.3. The number of H-pyrrole nitrogens is 1. The minimum atomic E-state index is 0.784. The predicted octanol–water partition coefficient (Wildman–Crippen LogP) is 1.43. The molecule has 13 heavy (non-hydrogen) atoms. The molecule has 1 aliphatic carbocycles. The van der Waals surface area contributed by atoms with Crippen LogP contribution in [0.5, 0.6) is 0 Å². The molecule has 2 rings (SSSR count). The zero-order valence-electron chi connectivity index (χ0n) is 6.88. The molecule has 0 aromatic carbocycles. The quantitative estimate of drug-likeness (QED) is 0.654. The van der Waals surface area contributed by atoms with Crippen LogP contribution >= 0.6 is 0 Å². The fourth-order valence-corrected chi connectivity index (χ4v) is 0.995. The van der Waals surface area contributed by atoms with E-state index in [0.717, 1.165) is 11.4 Å². The molecule has 4 nitrogen and oxygen atoms in total. The van der Waals surface area contributed by atoms with Crippen molar-refractivity contribution in [1.82, 2.24) is 20.6 Å². The van der Waals surface area contributed by atoms with E-state index in [1.54, 1.807) is 0 Å². The third-order valence-electron chi connectivity index (χ3n) is 1.61. The molecule has 64 valence electrons. The monoisotopic (exact) mass is 172 g/mol. The van der Waals surface area contributed by atoms with Gasteiger partial charge in [0.15, 0.2) is 0 Å². The minimum Gasteiger partial charge on any atom is -0.256 e. The summed E-state index contributed by atoms with van der Waals surface area (Å²) < 4.78 is 0. The molecule has 0 amide bonds. The fraction of sp³-hybridized carbons (Fsp3) is 0. The molecule has 4 heteroatoms. The standard InChI is InChI=1S/C9H8N4/c1-2-4-6-8-9(7-5-3-1)11-13-12-10-8/h1-7H,(H,10,13). The van der Waals surface area contributed by atoms with Gasteiger partial charge in [0, 0.05) is 0 Å². The largest absolute Gasteiger partial charge is 0.256 e. The van der Waals surface area contributed by atoms with Gasteiger partial charge in [-0.25, -0.2) is 0 Å². The van der Waals surface area contributed by atoms with E-state index in [-0.39, 0.29) is 0 Å². The zero-order valence-corrected chi connectivity index (χ0v) is 6.88. The zero-order chi connectivity index (χ0) is 8.93. The Morgan fingerprint density at radius 3 is 2.62 bits per heavy atom. The van der Waals surface area contributed by atoms with Gasteiger partial charge >= 0.3 is 0 Å². The molecule has 0 spiro atoms. The minimum absolute atomic E-state index is 0.784. The highest BCUT2D eigenvalue weighted by Gasteiger charge is 1.96. The van der Waals surface area contributed by atoms with Gasteiger partial charge in [-0.15, -0.1) is 5.10 Å². The summed E-state index contributed by atoms with van der Waals surface area (Å²) in [5.41, 5.74) is 1.64. The van der Waals surface area contributed by atoms with Gasteiger partial charge in [0.1, 0.15) is 5.69 Å². The Morgan fingerprint density at radius 2 is 1.69 bits per heavy atom. The van der Waals surface area contributed by atoms with Crippen LogP contribution in [0, 0.1) is 0 Å². The summed E-state index contributed by atoms with van der Waals surface area (Å²) in [6.07, 6.45) is 0. The summed E-state index contributed by atoms with van der Waals surface area (Å²) in [5, 5.41) is 13.8. The number of nitrogens with one attached hydrogen (secondary N) is 1. The molecular formula is C9H8N4. The maximum Gasteiger partial charge on any atom is 0.113 e. The van der Waals surface area contributed by atoms with Crippen molar-refractivity contribution in [1.29, 1.82) is 0 Å². The van der Waals surface area contributed by atoms with Crippen LogP contribution in [-0.4, -0.2) is 20.6 Å². The van der Waals surface area contributed by atoms with Gasteiger partial charge in [0.2, 0.25) is 0 Å². The summed E-state index contributed by atoms with van der Waals surface area (Å²) in [7, 11) is 0. The molecular weight excluding hydrogens is 164 g/mol. The van der Waals surface area contributed by atoms with Crippen molar-refractivity contribution < 1.29 is 0 Å². The van der Waals surface area contributed by atoms with Gasteiger partial charge < -0.3 is 0 Å². The van der Waals surface area contributed by atoms with Gasteiger partial charge in [-0.2, -0.15) is 0 Å². The van der Waals surface area contributed by atoms with E-state index in [9.17, 15) is 0 Å². The van der Waals surface area contributed by atoms with Gasteiger partial charge in [0.25, 0.3) is 0 Å². The number of nitrogens with zero attached hydrogens (tertiary/aromatic N) is 3. The number of rotatable bonds is 0. The molecule has 0 aromatic rings. The first-order valence-corrected chi connectivity index (χ1v) is 3.92. The molecule has 0 saturated carbocycles. The van der Waals surface area contributed by atoms with Crippen molar-refractivity contribution in [3.8, 4) is 11.4 Å². The number of hydrogen-bond acceptors (Lipinski definition) is 3. The molecule has 1 N–H and O–H groups in total. The van der Waals surface area contributed by atoms with Crippen LogP contribution in [0.2, 0.25) is 0 Å². The van der Waals surface area contributed by atoms with Crippen LogP contribution in [0.4, 0.5) is 0 Å². The Kier molecular flexibility index (Phi) is 2.14. The van der Waals surface area contributed by atoms with E-state index < -0.39 is 0 Å². The Bertz CT molecular complexity index is 371. The molecule has 1 heterocycles. The van der Waals surface area contributed by atoms with Crippen LogP contribution in [0.1, 0.15) is 0 Å². The van der Waals surface area contributed by atoms with E-state index in [0.29, 0.717) is 0 Å². The van der Waals surface area contributed by atoms with E-state index in [2.05, 4.69) is 20.6 Å². The maximum atomic E-state index is 3.88. The molecule has 0 saturated heterocycles. The summed E-state index contributed by atoms with van der Waals surface area (Å²) in [6.45, 7) is 0. The van der Waals surface area contributed by atoms with Gasteiger partial charge in [-0.3, -0.25) is 5.10 Å². The molecule has 0 bridgehead atoms. The maximum absolute atomic E-state index is 3.88. The highest BCUT2D eigenvalue weighted by Crippen LogP contribution is 2.08. The summed E-state index contributed by atoms with van der Waals surface area (Å²) in [5.74, 6) is 0. The van der Waals surface area contributed by atoms with Crippen LogP contribution in [-0.2, 0) is 0 Å². The molecule has 0 radical (unpaired) electrons. The van der Waals surface area contributed by atoms with Crippen LogP contribution in [0.15, 0.2) is 42.5 Å². The van der Waals surface area contributed by atoms with Crippen molar-refractivity contribution in [2.24, 2.45) is 0 Å². The number of fused-ring (bicyclic) bond motifs is 1. The van der Waals surface area contributed by atoms with Gasteiger partial charge in [-0.05, 0) is 22.6 Å². The van der Waals surface area contributed by atoms with Crippen LogP contribution in [0.25, 0.3) is 11.4 Å². The van der Waals surface area contributed by atoms with Crippen LogP contribution in [0.3, 0.4) is 0 Å². The highest BCUT2D eigenvalue weighted by molar-refractivity contribution is 5.51. The summed E-state index contributed by atoms with van der Waals surface area (Å²) in [6, 6.07) is 13.4. The lowest BCUT2D eigenvalue weighted by molar-refractivity contribution is 0.767. The van der Waals surface area contributed by atoms with Gasteiger partial charge in [-0.1, -0.05) is 30.3 Å². The predicted molar refractivity (Wildman–Crippen MR) is 48.4 cm³/mol. The normalized spacial score (nSPS) is 9.54. The molecule has 1 aliphatic heterocycles. The first-order valence-electron chi connectivity index (χ1n) is 3.92. The number of aromatic amines is 1. The third kappa shape index (κ3) is 1.79. The molecule has 2 aliphatic rings. The molecule has 0 aromatic heterocycles. The fourth-order valence-electron chi connectivity index (χ4n) is 0.995. The lowest BCUT2D eigenvalue weighted by Gasteiger charge is -1.94. The number of aromatic nitrogens is 4. The Morgan fingerprint density at radius 1 is 0.923 bits per heavy atom. The van der Waals surface area contributed by atoms with Crippen molar-refractivity contribution >= 4 is 0 Å². The van der Waals surface area contributed by atoms with E-state index in [4.69, 9.17) is 0 Å². The van der Waals surface area contributed by atoms with E-state index >= 15 is 0 Å². The third-order valence-corrected chi connectivity index (χ3v) is 1.61.